The van der Waals surface area contributed by atoms with Crippen molar-refractivity contribution in [3.63, 3.8) is 0 Å². The van der Waals surface area contributed by atoms with E-state index in [9.17, 15) is 0 Å². The summed E-state index contributed by atoms with van der Waals surface area (Å²) < 4.78 is 0. The van der Waals surface area contributed by atoms with Gasteiger partial charge in [0.2, 0.25) is 5.13 Å². The first-order valence-corrected chi connectivity index (χ1v) is 9.33. The summed E-state index contributed by atoms with van der Waals surface area (Å²) in [4.78, 5) is 4.63. The third kappa shape index (κ3) is 4.34. The normalized spacial score (nSPS) is 11.4. The van der Waals surface area contributed by atoms with Crippen LogP contribution in [0.1, 0.15) is 42.0 Å². The van der Waals surface area contributed by atoms with Gasteiger partial charge >= 0.3 is 0 Å². The largest absolute Gasteiger partial charge is 0.253 e. The van der Waals surface area contributed by atoms with Gasteiger partial charge in [-0.1, -0.05) is 61.9 Å². The van der Waals surface area contributed by atoms with Crippen molar-refractivity contribution >= 4 is 22.7 Å². The van der Waals surface area contributed by atoms with E-state index in [-0.39, 0.29) is 0 Å². The van der Waals surface area contributed by atoms with Gasteiger partial charge in [0.25, 0.3) is 0 Å². The molecule has 3 rings (SSSR count). The molecule has 0 radical (unpaired) electrons. The molecule has 1 aromatic heterocycles. The highest BCUT2D eigenvalue weighted by Gasteiger charge is 2.06. The van der Waals surface area contributed by atoms with Crippen LogP contribution in [0.15, 0.2) is 52.9 Å². The molecule has 128 valence electrons. The molecule has 3 aromatic rings. The second-order valence-electron chi connectivity index (χ2n) is 6.55. The predicted molar refractivity (Wildman–Crippen MR) is 109 cm³/mol. The first-order chi connectivity index (χ1) is 12.0. The quantitative estimate of drug-likeness (QED) is 0.453. The monoisotopic (exact) mass is 349 g/mol. The van der Waals surface area contributed by atoms with E-state index < -0.39 is 0 Å². The average molecular weight is 350 g/mol. The van der Waals surface area contributed by atoms with Gasteiger partial charge in [-0.05, 0) is 36.5 Å². The highest BCUT2D eigenvalue weighted by molar-refractivity contribution is 7.14. The van der Waals surface area contributed by atoms with Gasteiger partial charge in [-0.15, -0.1) is 11.3 Å². The van der Waals surface area contributed by atoms with Gasteiger partial charge < -0.3 is 0 Å². The van der Waals surface area contributed by atoms with Crippen LogP contribution < -0.4 is 5.43 Å². The smallest absolute Gasteiger partial charge is 0.203 e. The SMILES string of the molecule is Cc1ccc(-c2csc(N/N=C\c3ccc(C(C)C)cc3)n2)c(C)c1. The number of hydrogen-bond acceptors (Lipinski definition) is 4. The van der Waals surface area contributed by atoms with Crippen LogP contribution in [0.25, 0.3) is 11.3 Å². The van der Waals surface area contributed by atoms with E-state index in [4.69, 9.17) is 0 Å². The fraction of sp³-hybridized carbons (Fsp3) is 0.238. The maximum atomic E-state index is 4.63. The summed E-state index contributed by atoms with van der Waals surface area (Å²) in [5, 5.41) is 7.16. The number of hydrazone groups is 1. The Morgan fingerprint density at radius 3 is 2.52 bits per heavy atom. The molecule has 0 fully saturated rings. The molecule has 3 nitrogen and oxygen atoms in total. The molecule has 0 amide bonds. The van der Waals surface area contributed by atoms with Crippen molar-refractivity contribution in [1.82, 2.24) is 4.98 Å². The van der Waals surface area contributed by atoms with Crippen molar-refractivity contribution in [2.45, 2.75) is 33.6 Å². The molecule has 0 bridgehead atoms. The minimum absolute atomic E-state index is 0.545. The second-order valence-corrected chi connectivity index (χ2v) is 7.41. The molecular weight excluding hydrogens is 326 g/mol. The maximum Gasteiger partial charge on any atom is 0.203 e. The van der Waals surface area contributed by atoms with E-state index in [0.717, 1.165) is 16.4 Å². The molecule has 0 aliphatic carbocycles. The molecule has 0 unspecified atom stereocenters. The van der Waals surface area contributed by atoms with E-state index >= 15 is 0 Å². The molecule has 2 aromatic carbocycles. The van der Waals surface area contributed by atoms with E-state index in [0.29, 0.717) is 5.92 Å². The summed E-state index contributed by atoms with van der Waals surface area (Å²) in [6.07, 6.45) is 1.82. The Hall–Kier alpha value is -2.46. The summed E-state index contributed by atoms with van der Waals surface area (Å²) in [5.74, 6) is 0.545. The van der Waals surface area contributed by atoms with E-state index in [1.54, 1.807) is 11.3 Å². The molecule has 4 heteroatoms. The lowest BCUT2D eigenvalue weighted by atomic mass is 10.0. The zero-order chi connectivity index (χ0) is 17.8. The number of thiazole rings is 1. The van der Waals surface area contributed by atoms with Crippen LogP contribution in [-0.2, 0) is 0 Å². The van der Waals surface area contributed by atoms with Crippen LogP contribution >= 0.6 is 11.3 Å². The number of hydrogen-bond donors (Lipinski definition) is 1. The molecule has 1 heterocycles. The van der Waals surface area contributed by atoms with Gasteiger partial charge in [-0.2, -0.15) is 5.10 Å². The highest BCUT2D eigenvalue weighted by Crippen LogP contribution is 2.27. The first kappa shape index (κ1) is 17.4. The van der Waals surface area contributed by atoms with Crippen molar-refractivity contribution in [2.24, 2.45) is 5.10 Å². The van der Waals surface area contributed by atoms with Crippen molar-refractivity contribution in [1.29, 1.82) is 0 Å². The average Bonchev–Trinajstić information content (AvgIpc) is 3.04. The lowest BCUT2D eigenvalue weighted by Crippen LogP contribution is -1.92. The van der Waals surface area contributed by atoms with E-state index in [2.05, 4.69) is 91.1 Å². The summed E-state index contributed by atoms with van der Waals surface area (Å²) in [6.45, 7) is 8.61. The molecule has 0 atom stereocenters. The minimum Gasteiger partial charge on any atom is -0.253 e. The van der Waals surface area contributed by atoms with Crippen molar-refractivity contribution in [2.75, 3.05) is 5.43 Å². The van der Waals surface area contributed by atoms with Crippen LogP contribution in [0.4, 0.5) is 5.13 Å². The third-order valence-corrected chi connectivity index (χ3v) is 4.89. The van der Waals surface area contributed by atoms with E-state index in [1.807, 2.05) is 6.21 Å². The number of benzene rings is 2. The fourth-order valence-corrected chi connectivity index (χ4v) is 3.34. The Bertz CT molecular complexity index is 876. The molecule has 0 saturated carbocycles. The minimum atomic E-state index is 0.545. The third-order valence-electron chi connectivity index (χ3n) is 4.14. The number of aromatic nitrogens is 1. The summed E-state index contributed by atoms with van der Waals surface area (Å²) in [7, 11) is 0. The Morgan fingerprint density at radius 1 is 1.08 bits per heavy atom. The molecule has 25 heavy (non-hydrogen) atoms. The zero-order valence-electron chi connectivity index (χ0n) is 15.1. The van der Waals surface area contributed by atoms with Gasteiger partial charge in [0, 0.05) is 10.9 Å². The molecule has 0 spiro atoms. The second kappa shape index (κ2) is 7.62. The van der Waals surface area contributed by atoms with Crippen LogP contribution in [0.5, 0.6) is 0 Å². The highest BCUT2D eigenvalue weighted by atomic mass is 32.1. The molecular formula is C21H23N3S. The molecule has 0 saturated heterocycles. The molecule has 0 aliphatic rings. The van der Waals surface area contributed by atoms with Gasteiger partial charge in [-0.3, -0.25) is 5.43 Å². The summed E-state index contributed by atoms with van der Waals surface area (Å²) in [6, 6.07) is 14.9. The maximum absolute atomic E-state index is 4.63. The number of rotatable bonds is 5. The lowest BCUT2D eigenvalue weighted by Gasteiger charge is -2.04. The van der Waals surface area contributed by atoms with Crippen molar-refractivity contribution in [3.05, 3.63) is 70.1 Å². The van der Waals surface area contributed by atoms with Gasteiger partial charge in [-0.25, -0.2) is 4.98 Å². The number of nitrogens with zero attached hydrogens (tertiary/aromatic N) is 2. The Morgan fingerprint density at radius 2 is 1.84 bits per heavy atom. The van der Waals surface area contributed by atoms with Crippen LogP contribution in [0, 0.1) is 13.8 Å². The zero-order valence-corrected chi connectivity index (χ0v) is 15.9. The van der Waals surface area contributed by atoms with E-state index in [1.165, 1.54) is 22.3 Å². The fourth-order valence-electron chi connectivity index (χ4n) is 2.68. The topological polar surface area (TPSA) is 37.3 Å². The number of nitrogens with one attached hydrogen (secondary N) is 1. The van der Waals surface area contributed by atoms with Gasteiger partial charge in [0.1, 0.15) is 0 Å². The summed E-state index contributed by atoms with van der Waals surface area (Å²) >= 11 is 1.56. The van der Waals surface area contributed by atoms with Crippen molar-refractivity contribution < 1.29 is 0 Å². The number of anilines is 1. The number of aryl methyl sites for hydroxylation is 2. The molecule has 0 aliphatic heterocycles. The molecule has 1 N–H and O–H groups in total. The summed E-state index contributed by atoms with van der Waals surface area (Å²) in [5.41, 5.74) is 10.1. The lowest BCUT2D eigenvalue weighted by molar-refractivity contribution is 0.866. The van der Waals surface area contributed by atoms with Crippen LogP contribution in [0.2, 0.25) is 0 Å². The van der Waals surface area contributed by atoms with Crippen LogP contribution in [0.3, 0.4) is 0 Å². The Balaban J connectivity index is 1.67. The van der Waals surface area contributed by atoms with Crippen LogP contribution in [-0.4, -0.2) is 11.2 Å². The Kier molecular flexibility index (Phi) is 5.29. The predicted octanol–water partition coefficient (Wildman–Crippen LogP) is 6.00. The van der Waals surface area contributed by atoms with Gasteiger partial charge in [0.15, 0.2) is 0 Å². The van der Waals surface area contributed by atoms with Crippen molar-refractivity contribution in [3.8, 4) is 11.3 Å². The Labute approximate surface area is 153 Å². The van der Waals surface area contributed by atoms with Gasteiger partial charge in [0.05, 0.1) is 11.9 Å². The standard InChI is InChI=1S/C21H23N3S/c1-14(2)18-8-6-17(7-9-18)12-22-24-21-23-20(13-25-21)19-10-5-15(3)11-16(19)4/h5-14H,1-4H3,(H,23,24)/b22-12-. The first-order valence-electron chi connectivity index (χ1n) is 8.45.